The van der Waals surface area contributed by atoms with Gasteiger partial charge in [-0.15, -0.1) is 0 Å². The number of fused-ring (bicyclic) bond motifs is 2. The number of hydrogen-bond acceptors (Lipinski definition) is 5. The molecule has 0 saturated carbocycles. The summed E-state index contributed by atoms with van der Waals surface area (Å²) >= 11 is 0. The second-order valence-electron chi connectivity index (χ2n) is 8.97. The normalized spacial score (nSPS) is 16.9. The van der Waals surface area contributed by atoms with Crippen LogP contribution < -0.4 is 0 Å². The van der Waals surface area contributed by atoms with E-state index in [0.29, 0.717) is 30.6 Å². The lowest BCUT2D eigenvalue weighted by molar-refractivity contribution is -0.0442. The Morgan fingerprint density at radius 1 is 0.943 bits per heavy atom. The highest BCUT2D eigenvalue weighted by atomic mass is 19.2. The summed E-state index contributed by atoms with van der Waals surface area (Å²) in [5, 5.41) is 4.74. The Bertz CT molecular complexity index is 1410. The molecular formula is C27H22F2N4O2. The van der Waals surface area contributed by atoms with Crippen molar-refractivity contribution < 1.29 is 18.3 Å². The Hall–Kier alpha value is -3.91. The maximum atomic E-state index is 14.0. The molecule has 2 aliphatic rings. The molecular weight excluding hydrogens is 450 g/mol. The van der Waals surface area contributed by atoms with Gasteiger partial charge in [-0.3, -0.25) is 9.88 Å². The maximum absolute atomic E-state index is 14.0. The number of ether oxygens (including phenoxy) is 1. The highest BCUT2D eigenvalue weighted by Crippen LogP contribution is 2.44. The molecule has 2 aromatic carbocycles. The van der Waals surface area contributed by atoms with E-state index < -0.39 is 17.2 Å². The van der Waals surface area contributed by atoms with Crippen LogP contribution >= 0.6 is 0 Å². The van der Waals surface area contributed by atoms with E-state index in [2.05, 4.69) is 9.88 Å². The lowest BCUT2D eigenvalue weighted by atomic mass is 9.84. The van der Waals surface area contributed by atoms with E-state index in [1.54, 1.807) is 17.1 Å². The molecule has 0 unspecified atom stereocenters. The quantitative estimate of drug-likeness (QED) is 0.397. The van der Waals surface area contributed by atoms with Gasteiger partial charge in [-0.25, -0.2) is 18.3 Å². The summed E-state index contributed by atoms with van der Waals surface area (Å²) in [5.41, 5.74) is 3.96. The van der Waals surface area contributed by atoms with Crippen molar-refractivity contribution in [3.8, 4) is 16.9 Å². The van der Waals surface area contributed by atoms with Gasteiger partial charge in [0, 0.05) is 62.1 Å². The largest absolute Gasteiger partial charge is 0.450 e. The van der Waals surface area contributed by atoms with Crippen LogP contribution in [0, 0.1) is 11.6 Å². The summed E-state index contributed by atoms with van der Waals surface area (Å²) in [4.78, 5) is 18.7. The second kappa shape index (κ2) is 8.39. The summed E-state index contributed by atoms with van der Waals surface area (Å²) in [7, 11) is 0. The number of piperidine rings is 1. The molecule has 1 spiro atoms. The zero-order chi connectivity index (χ0) is 24.0. The van der Waals surface area contributed by atoms with Gasteiger partial charge in [0.1, 0.15) is 5.60 Å². The minimum Gasteiger partial charge on any atom is -0.450 e. The number of pyridine rings is 1. The van der Waals surface area contributed by atoms with E-state index in [4.69, 9.17) is 9.84 Å². The summed E-state index contributed by atoms with van der Waals surface area (Å²) in [6, 6.07) is 17.0. The van der Waals surface area contributed by atoms with Crippen LogP contribution in [0.15, 0.2) is 73.1 Å². The summed E-state index contributed by atoms with van der Waals surface area (Å²) in [6.07, 6.45) is 4.78. The summed E-state index contributed by atoms with van der Waals surface area (Å²) in [5.74, 6) is -2.07. The van der Waals surface area contributed by atoms with Crippen LogP contribution in [0.2, 0.25) is 0 Å². The number of carbonyl (C=O) groups is 1. The van der Waals surface area contributed by atoms with Gasteiger partial charge in [-0.1, -0.05) is 18.2 Å². The van der Waals surface area contributed by atoms with Crippen LogP contribution in [0.5, 0.6) is 0 Å². The fourth-order valence-corrected chi connectivity index (χ4v) is 5.07. The summed E-state index contributed by atoms with van der Waals surface area (Å²) in [6.45, 7) is 2.06. The fourth-order valence-electron chi connectivity index (χ4n) is 5.07. The van der Waals surface area contributed by atoms with E-state index in [1.165, 1.54) is 6.07 Å². The molecule has 1 fully saturated rings. The molecule has 0 atom stereocenters. The number of carbonyl (C=O) groups excluding carboxylic acids is 1. The van der Waals surface area contributed by atoms with Crippen LogP contribution in [0.4, 0.5) is 8.78 Å². The molecule has 0 N–H and O–H groups in total. The molecule has 2 aliphatic heterocycles. The average Bonchev–Trinajstić information content (AvgIpc) is 3.42. The number of hydrogen-bond donors (Lipinski definition) is 0. The van der Waals surface area contributed by atoms with Crippen LogP contribution in [0.1, 0.15) is 34.5 Å². The Morgan fingerprint density at radius 2 is 1.71 bits per heavy atom. The fraction of sp³-hybridized carbons (Fsp3) is 0.222. The lowest BCUT2D eigenvalue weighted by Gasteiger charge is -2.38. The standard InChI is InChI=1S/C27H22F2N4O2/c28-23-6-5-20(16-24(23)29)33-25(18-7-11-30-12-8-18)15-19(31-33)17-32-13-9-27(10-14-32)22-4-2-1-3-21(22)26(34)35-27/h1-8,11-12,15-16H,9-10,13-14,17H2. The van der Waals surface area contributed by atoms with E-state index in [9.17, 15) is 13.6 Å². The number of benzene rings is 2. The topological polar surface area (TPSA) is 60.2 Å². The second-order valence-corrected chi connectivity index (χ2v) is 8.97. The van der Waals surface area contributed by atoms with Crippen LogP contribution in [0.25, 0.3) is 16.9 Å². The minimum atomic E-state index is -0.923. The lowest BCUT2D eigenvalue weighted by Crippen LogP contribution is -2.42. The zero-order valence-electron chi connectivity index (χ0n) is 18.8. The number of nitrogens with zero attached hydrogens (tertiary/aromatic N) is 4. The molecule has 1 saturated heterocycles. The van der Waals surface area contributed by atoms with Gasteiger partial charge in [-0.05, 0) is 36.4 Å². The maximum Gasteiger partial charge on any atom is 0.339 e. The Kier molecular flexibility index (Phi) is 5.18. The van der Waals surface area contributed by atoms with Gasteiger partial charge in [0.15, 0.2) is 11.6 Å². The van der Waals surface area contributed by atoms with Crippen molar-refractivity contribution in [3.63, 3.8) is 0 Å². The molecule has 0 bridgehead atoms. The highest BCUT2D eigenvalue weighted by molar-refractivity contribution is 5.94. The molecule has 4 aromatic rings. The summed E-state index contributed by atoms with van der Waals surface area (Å²) < 4.78 is 35.0. The van der Waals surface area contributed by atoms with E-state index in [0.717, 1.165) is 47.7 Å². The van der Waals surface area contributed by atoms with Gasteiger partial charge >= 0.3 is 5.97 Å². The predicted molar refractivity (Wildman–Crippen MR) is 125 cm³/mol. The molecule has 0 radical (unpaired) electrons. The highest BCUT2D eigenvalue weighted by Gasteiger charge is 2.47. The van der Waals surface area contributed by atoms with Crippen LogP contribution in [-0.4, -0.2) is 38.7 Å². The minimum absolute atomic E-state index is 0.249. The van der Waals surface area contributed by atoms with Gasteiger partial charge in [0.25, 0.3) is 0 Å². The third kappa shape index (κ3) is 3.80. The van der Waals surface area contributed by atoms with Crippen LogP contribution in [0.3, 0.4) is 0 Å². The number of aromatic nitrogens is 3. The van der Waals surface area contributed by atoms with Crippen molar-refractivity contribution in [2.75, 3.05) is 13.1 Å². The van der Waals surface area contributed by atoms with Gasteiger partial charge in [0.2, 0.25) is 0 Å². The predicted octanol–water partition coefficient (Wildman–Crippen LogP) is 4.87. The zero-order valence-corrected chi connectivity index (χ0v) is 18.8. The van der Waals surface area contributed by atoms with Gasteiger partial charge in [-0.2, -0.15) is 5.10 Å². The smallest absolute Gasteiger partial charge is 0.339 e. The molecule has 6 nitrogen and oxygen atoms in total. The third-order valence-electron chi connectivity index (χ3n) is 6.86. The van der Waals surface area contributed by atoms with Crippen molar-refractivity contribution in [2.24, 2.45) is 0 Å². The Labute approximate surface area is 200 Å². The first-order chi connectivity index (χ1) is 17.0. The molecule has 0 amide bonds. The first-order valence-electron chi connectivity index (χ1n) is 11.5. The van der Waals surface area contributed by atoms with Crippen molar-refractivity contribution in [1.82, 2.24) is 19.7 Å². The molecule has 0 aliphatic carbocycles. The number of esters is 1. The van der Waals surface area contributed by atoms with Crippen molar-refractivity contribution >= 4 is 5.97 Å². The number of rotatable bonds is 4. The Balaban J connectivity index is 1.26. The van der Waals surface area contributed by atoms with Crippen LogP contribution in [-0.2, 0) is 16.9 Å². The molecule has 4 heterocycles. The average molecular weight is 472 g/mol. The number of halogens is 2. The SMILES string of the molecule is O=C1OC2(CCN(Cc3cc(-c4ccncc4)n(-c4ccc(F)c(F)c4)n3)CC2)c2ccccc21. The Morgan fingerprint density at radius 3 is 2.49 bits per heavy atom. The molecule has 176 valence electrons. The van der Waals surface area contributed by atoms with Gasteiger partial charge in [0.05, 0.1) is 22.6 Å². The van der Waals surface area contributed by atoms with E-state index in [1.807, 2.05) is 42.5 Å². The molecule has 6 rings (SSSR count). The van der Waals surface area contributed by atoms with E-state index in [-0.39, 0.29) is 5.97 Å². The van der Waals surface area contributed by atoms with E-state index >= 15 is 0 Å². The number of likely N-dealkylation sites (tertiary alicyclic amines) is 1. The van der Waals surface area contributed by atoms with Gasteiger partial charge < -0.3 is 4.74 Å². The molecule has 8 heteroatoms. The molecule has 2 aromatic heterocycles. The first kappa shape index (κ1) is 21.6. The van der Waals surface area contributed by atoms with Crippen molar-refractivity contribution in [2.45, 2.75) is 25.0 Å². The molecule has 35 heavy (non-hydrogen) atoms. The first-order valence-corrected chi connectivity index (χ1v) is 11.5. The van der Waals surface area contributed by atoms with Crippen molar-refractivity contribution in [3.05, 3.63) is 102 Å². The van der Waals surface area contributed by atoms with Crippen molar-refractivity contribution in [1.29, 1.82) is 0 Å². The monoisotopic (exact) mass is 472 g/mol. The third-order valence-corrected chi connectivity index (χ3v) is 6.86.